The number of nitrogens with zero attached hydrogens (tertiary/aromatic N) is 3. The van der Waals surface area contributed by atoms with E-state index in [-0.39, 0.29) is 12.5 Å². The van der Waals surface area contributed by atoms with Gasteiger partial charge in [0.05, 0.1) is 6.54 Å². The fourth-order valence-corrected chi connectivity index (χ4v) is 2.41. The maximum Gasteiger partial charge on any atom is 0.348 e. The first-order valence-corrected chi connectivity index (χ1v) is 6.86. The summed E-state index contributed by atoms with van der Waals surface area (Å²) in [5, 5.41) is 6.01. The van der Waals surface area contributed by atoms with Crippen molar-refractivity contribution in [1.29, 1.82) is 0 Å². The summed E-state index contributed by atoms with van der Waals surface area (Å²) >= 11 is 4.65. The van der Waals surface area contributed by atoms with Gasteiger partial charge in [0.15, 0.2) is 0 Å². The molecule has 1 aromatic rings. The summed E-state index contributed by atoms with van der Waals surface area (Å²) in [6.45, 7) is 3.53. The average molecular weight is 318 g/mol. The Balaban J connectivity index is 2.68. The molecule has 1 heterocycles. The van der Waals surface area contributed by atoms with Crippen molar-refractivity contribution in [2.24, 2.45) is 5.11 Å². The fraction of sp³-hybridized carbons (Fsp3) is 0.500. The van der Waals surface area contributed by atoms with Crippen molar-refractivity contribution in [2.45, 2.75) is 24.8 Å². The molecule has 0 saturated heterocycles. The van der Waals surface area contributed by atoms with Crippen molar-refractivity contribution < 1.29 is 9.53 Å². The summed E-state index contributed by atoms with van der Waals surface area (Å²) in [4.78, 5) is 15.0. The lowest BCUT2D eigenvalue weighted by Gasteiger charge is -2.22. The molecule has 1 rings (SSSR count). The Bertz CT molecular complexity index is 452. The highest BCUT2D eigenvalue weighted by Gasteiger charge is 2.23. The molecular weight excluding hydrogens is 306 g/mol. The van der Waals surface area contributed by atoms with Crippen molar-refractivity contribution in [3.8, 4) is 0 Å². The van der Waals surface area contributed by atoms with Gasteiger partial charge in [0.1, 0.15) is 10.5 Å². The molecule has 0 bridgehead atoms. The maximum absolute atomic E-state index is 11.8. The van der Waals surface area contributed by atoms with Gasteiger partial charge in [0.25, 0.3) is 0 Å². The molecule has 0 spiro atoms. The molecule has 0 N–H and O–H groups in total. The van der Waals surface area contributed by atoms with Crippen LogP contribution in [-0.4, -0.2) is 18.1 Å². The summed E-state index contributed by atoms with van der Waals surface area (Å²) in [6, 6.07) is 1.78. The van der Waals surface area contributed by atoms with E-state index in [0.29, 0.717) is 10.2 Å². The van der Waals surface area contributed by atoms with E-state index in [9.17, 15) is 4.79 Å². The zero-order valence-corrected chi connectivity index (χ0v) is 11.9. The summed E-state index contributed by atoms with van der Waals surface area (Å²) < 4.78 is 5.28. The van der Waals surface area contributed by atoms with Gasteiger partial charge in [-0.15, -0.1) is 11.3 Å². The monoisotopic (exact) mass is 317 g/mol. The minimum Gasteiger partial charge on any atom is -0.455 e. The van der Waals surface area contributed by atoms with Gasteiger partial charge in [-0.2, -0.15) is 0 Å². The zero-order valence-electron chi connectivity index (χ0n) is 9.51. The van der Waals surface area contributed by atoms with Crippen LogP contribution in [0.15, 0.2) is 16.6 Å². The first-order valence-electron chi connectivity index (χ1n) is 4.86. The molecule has 0 fully saturated rings. The minimum atomic E-state index is -0.790. The Hall–Kier alpha value is -1.04. The average Bonchev–Trinajstić information content (AvgIpc) is 2.74. The second-order valence-corrected chi connectivity index (χ2v) is 5.46. The highest BCUT2D eigenvalue weighted by atomic mass is 79.9. The van der Waals surface area contributed by atoms with Gasteiger partial charge in [0, 0.05) is 10.2 Å². The molecule has 0 atom stereocenters. The Morgan fingerprint density at radius 1 is 1.71 bits per heavy atom. The predicted molar refractivity (Wildman–Crippen MR) is 70.5 cm³/mol. The van der Waals surface area contributed by atoms with Crippen LogP contribution < -0.4 is 0 Å². The maximum atomic E-state index is 11.8. The summed E-state index contributed by atoms with van der Waals surface area (Å²) in [5.74, 6) is -0.389. The van der Waals surface area contributed by atoms with E-state index in [1.165, 1.54) is 11.3 Å². The number of hydrogen-bond acceptors (Lipinski definition) is 4. The van der Waals surface area contributed by atoms with Crippen molar-refractivity contribution >= 4 is 33.2 Å². The van der Waals surface area contributed by atoms with Crippen LogP contribution in [0.4, 0.5) is 0 Å². The van der Waals surface area contributed by atoms with E-state index in [0.717, 1.165) is 5.56 Å². The molecule has 0 aromatic carbocycles. The molecule has 5 nitrogen and oxygen atoms in total. The van der Waals surface area contributed by atoms with Crippen LogP contribution in [-0.2, 0) is 10.1 Å². The van der Waals surface area contributed by atoms with Crippen LogP contribution in [0.2, 0.25) is 0 Å². The quantitative estimate of drug-likeness (QED) is 0.271. The summed E-state index contributed by atoms with van der Waals surface area (Å²) in [5.41, 5.74) is 8.48. The number of halogens is 1. The van der Waals surface area contributed by atoms with Crippen molar-refractivity contribution in [3.05, 3.63) is 32.3 Å². The lowest BCUT2D eigenvalue weighted by molar-refractivity contribution is 0.00354. The van der Waals surface area contributed by atoms with E-state index < -0.39 is 5.60 Å². The minimum absolute atomic E-state index is 0.117. The molecule has 0 amide bonds. The number of hydrogen-bond donors (Lipinski definition) is 0. The number of ether oxygens (including phenoxy) is 1. The van der Waals surface area contributed by atoms with E-state index in [4.69, 9.17) is 10.3 Å². The van der Waals surface area contributed by atoms with Crippen LogP contribution >= 0.6 is 27.3 Å². The molecule has 0 radical (unpaired) electrons. The zero-order chi connectivity index (χ0) is 12.9. The van der Waals surface area contributed by atoms with Crippen molar-refractivity contribution in [1.82, 2.24) is 0 Å². The molecule has 1 aromatic heterocycles. The van der Waals surface area contributed by atoms with Crippen LogP contribution in [0.3, 0.4) is 0 Å². The number of thiophene rings is 1. The van der Waals surface area contributed by atoms with Crippen LogP contribution in [0.25, 0.3) is 10.4 Å². The van der Waals surface area contributed by atoms with E-state index in [1.54, 1.807) is 19.9 Å². The lowest BCUT2D eigenvalue weighted by atomic mass is 10.1. The van der Waals surface area contributed by atoms with Gasteiger partial charge in [-0.3, -0.25) is 0 Å². The number of alkyl halides is 1. The van der Waals surface area contributed by atoms with E-state index in [1.807, 2.05) is 5.38 Å². The Morgan fingerprint density at radius 2 is 2.41 bits per heavy atom. The second kappa shape index (κ2) is 6.05. The number of azide groups is 1. The van der Waals surface area contributed by atoms with E-state index >= 15 is 0 Å². The number of carbonyl (C=O) groups is 1. The normalized spacial score (nSPS) is 10.8. The van der Waals surface area contributed by atoms with E-state index in [2.05, 4.69) is 26.0 Å². The first-order chi connectivity index (χ1) is 7.98. The Morgan fingerprint density at radius 3 is 2.94 bits per heavy atom. The number of carbonyl (C=O) groups excluding carboxylic acids is 1. The third-order valence-electron chi connectivity index (χ3n) is 1.89. The molecule has 0 unspecified atom stereocenters. The first kappa shape index (κ1) is 14.0. The van der Waals surface area contributed by atoms with Gasteiger partial charge in [0.2, 0.25) is 0 Å². The van der Waals surface area contributed by atoms with Crippen molar-refractivity contribution in [2.75, 3.05) is 6.54 Å². The molecular formula is C10H12BrN3O2S. The largest absolute Gasteiger partial charge is 0.455 e. The molecule has 0 saturated carbocycles. The molecule has 0 aliphatic rings. The number of esters is 1. The highest BCUT2D eigenvalue weighted by Crippen LogP contribution is 2.21. The Labute approximate surface area is 112 Å². The summed E-state index contributed by atoms with van der Waals surface area (Å²) in [7, 11) is 0. The Kier molecular flexibility index (Phi) is 4.99. The van der Waals surface area contributed by atoms with Crippen LogP contribution in [0.1, 0.15) is 29.1 Å². The van der Waals surface area contributed by atoms with Gasteiger partial charge < -0.3 is 4.74 Å². The highest BCUT2D eigenvalue weighted by molar-refractivity contribution is 9.08. The number of rotatable bonds is 5. The standard InChI is InChI=1S/C10H12BrN3O2S/c1-10(2,6-13-14-12)16-9(15)8-3-7(4-11)5-17-8/h3,5H,4,6H2,1-2H3. The topological polar surface area (TPSA) is 75.1 Å². The van der Waals surface area contributed by atoms with Gasteiger partial charge in [-0.05, 0) is 36.4 Å². The van der Waals surface area contributed by atoms with Crippen LogP contribution in [0.5, 0.6) is 0 Å². The molecule has 7 heteroatoms. The molecule has 0 aliphatic heterocycles. The molecule has 0 aliphatic carbocycles. The molecule has 92 valence electrons. The molecule has 17 heavy (non-hydrogen) atoms. The smallest absolute Gasteiger partial charge is 0.348 e. The lowest BCUT2D eigenvalue weighted by Crippen LogP contribution is -2.30. The van der Waals surface area contributed by atoms with Gasteiger partial charge in [-0.25, -0.2) is 4.79 Å². The fourth-order valence-electron chi connectivity index (χ4n) is 1.09. The van der Waals surface area contributed by atoms with Gasteiger partial charge in [-0.1, -0.05) is 21.0 Å². The third kappa shape index (κ3) is 4.38. The predicted octanol–water partition coefficient (Wildman–Crippen LogP) is 3.89. The van der Waals surface area contributed by atoms with Gasteiger partial charge >= 0.3 is 5.97 Å². The third-order valence-corrected chi connectivity index (χ3v) is 3.50. The van der Waals surface area contributed by atoms with Crippen molar-refractivity contribution in [3.63, 3.8) is 0 Å². The second-order valence-electron chi connectivity index (χ2n) is 3.99. The summed E-state index contributed by atoms with van der Waals surface area (Å²) in [6.07, 6.45) is 0. The van der Waals surface area contributed by atoms with Crippen LogP contribution in [0, 0.1) is 0 Å². The SMILES string of the molecule is CC(C)(CN=[N+]=[N-])OC(=O)c1cc(CBr)cs1.